The van der Waals surface area contributed by atoms with Crippen molar-refractivity contribution in [3.05, 3.63) is 127 Å². The van der Waals surface area contributed by atoms with Gasteiger partial charge in [0.05, 0.1) is 32.7 Å². The Bertz CT molecular complexity index is 2060. The van der Waals surface area contributed by atoms with Crippen molar-refractivity contribution in [3.63, 3.8) is 0 Å². The van der Waals surface area contributed by atoms with Crippen LogP contribution in [-0.4, -0.2) is 55.8 Å². The number of nitrogens with one attached hydrogen (secondary N) is 1. The van der Waals surface area contributed by atoms with Crippen LogP contribution in [0.25, 0.3) is 0 Å². The fourth-order valence-corrected chi connectivity index (χ4v) is 8.13. The summed E-state index contributed by atoms with van der Waals surface area (Å²) in [5.41, 5.74) is 1.05. The fraction of sp³-hybridized carbons (Fsp3) is 0.297. The van der Waals surface area contributed by atoms with Crippen molar-refractivity contribution in [1.82, 2.24) is 10.2 Å². The number of sulfonamides is 1. The Balaban J connectivity index is 1.65. The van der Waals surface area contributed by atoms with Gasteiger partial charge in [-0.15, -0.1) is 0 Å². The minimum Gasteiger partial charge on any atom is -0.495 e. The van der Waals surface area contributed by atoms with E-state index in [1.54, 1.807) is 18.2 Å². The second kappa shape index (κ2) is 17.0. The lowest BCUT2D eigenvalue weighted by atomic mass is 10.0. The molecule has 0 bridgehead atoms. The summed E-state index contributed by atoms with van der Waals surface area (Å²) in [5.74, 6) is -1.08. The number of nitro benzene ring substituents is 1. The Hall–Kier alpha value is -4.36. The molecule has 52 heavy (non-hydrogen) atoms. The number of hydrogen-bond acceptors (Lipinski definition) is 7. The molecule has 1 aliphatic carbocycles. The van der Waals surface area contributed by atoms with Gasteiger partial charge >= 0.3 is 0 Å². The number of ether oxygens (including phenoxy) is 1. The SMILES string of the molecule is COc1ccc(Cl)cc1N(CC(=O)N(Cc1ccc(Cl)c(Cl)c1)[C@H](Cc1ccccc1)C(=O)NC1CCCC1)S(=O)(=O)c1ccc(C)c([N+](=O)[O-])c1. The van der Waals surface area contributed by atoms with Crippen LogP contribution in [-0.2, 0) is 32.6 Å². The van der Waals surface area contributed by atoms with Crippen molar-refractivity contribution in [3.8, 4) is 5.75 Å². The van der Waals surface area contributed by atoms with Gasteiger partial charge in [-0.1, -0.05) is 90.1 Å². The number of anilines is 1. The molecule has 0 unspecified atom stereocenters. The van der Waals surface area contributed by atoms with Crippen LogP contribution in [0.2, 0.25) is 15.1 Å². The molecule has 1 atom stereocenters. The van der Waals surface area contributed by atoms with Crippen LogP contribution in [0.5, 0.6) is 5.75 Å². The van der Waals surface area contributed by atoms with Gasteiger partial charge in [0.2, 0.25) is 11.8 Å². The van der Waals surface area contributed by atoms with E-state index in [2.05, 4.69) is 5.32 Å². The molecule has 5 rings (SSSR count). The van der Waals surface area contributed by atoms with Crippen LogP contribution < -0.4 is 14.4 Å². The highest BCUT2D eigenvalue weighted by molar-refractivity contribution is 7.92. The first-order chi connectivity index (χ1) is 24.8. The van der Waals surface area contributed by atoms with Gasteiger partial charge in [0.1, 0.15) is 18.3 Å². The molecule has 1 fully saturated rings. The first-order valence-corrected chi connectivity index (χ1v) is 19.0. The monoisotopic (exact) mass is 786 g/mol. The largest absolute Gasteiger partial charge is 0.495 e. The Morgan fingerprint density at radius 3 is 2.31 bits per heavy atom. The normalized spacial score (nSPS) is 13.7. The predicted octanol–water partition coefficient (Wildman–Crippen LogP) is 7.77. The number of hydrogen-bond donors (Lipinski definition) is 1. The number of rotatable bonds is 14. The van der Waals surface area contributed by atoms with Gasteiger partial charge in [-0.05, 0) is 67.3 Å². The predicted molar refractivity (Wildman–Crippen MR) is 202 cm³/mol. The minimum absolute atomic E-state index is 0.0678. The summed E-state index contributed by atoms with van der Waals surface area (Å²) in [6.45, 7) is 0.520. The van der Waals surface area contributed by atoms with Gasteiger partial charge in [-0.3, -0.25) is 24.0 Å². The van der Waals surface area contributed by atoms with Crippen LogP contribution in [0.1, 0.15) is 42.4 Å². The van der Waals surface area contributed by atoms with E-state index < -0.39 is 49.9 Å². The van der Waals surface area contributed by atoms with Crippen LogP contribution in [0.15, 0.2) is 89.8 Å². The zero-order valence-corrected chi connectivity index (χ0v) is 31.5. The van der Waals surface area contributed by atoms with Crippen molar-refractivity contribution in [2.24, 2.45) is 0 Å². The Labute approximate surface area is 317 Å². The highest BCUT2D eigenvalue weighted by Gasteiger charge is 2.37. The average molecular weight is 788 g/mol. The Morgan fingerprint density at radius 1 is 0.942 bits per heavy atom. The maximum absolute atomic E-state index is 14.8. The first-order valence-electron chi connectivity index (χ1n) is 16.5. The molecule has 0 aromatic heterocycles. The van der Waals surface area contributed by atoms with Gasteiger partial charge in [0.25, 0.3) is 15.7 Å². The van der Waals surface area contributed by atoms with Crippen molar-refractivity contribution in [2.75, 3.05) is 18.0 Å². The smallest absolute Gasteiger partial charge is 0.273 e. The Morgan fingerprint density at radius 2 is 1.65 bits per heavy atom. The van der Waals surface area contributed by atoms with Crippen LogP contribution in [0, 0.1) is 17.0 Å². The van der Waals surface area contributed by atoms with Crippen molar-refractivity contribution in [2.45, 2.75) is 62.6 Å². The molecule has 4 aromatic rings. The van der Waals surface area contributed by atoms with E-state index in [0.717, 1.165) is 41.6 Å². The second-order valence-electron chi connectivity index (χ2n) is 12.5. The summed E-state index contributed by atoms with van der Waals surface area (Å²) in [6, 6.07) is 20.6. The molecule has 4 aromatic carbocycles. The number of carbonyl (C=O) groups excluding carboxylic acids is 2. The van der Waals surface area contributed by atoms with E-state index in [1.165, 1.54) is 49.3 Å². The summed E-state index contributed by atoms with van der Waals surface area (Å²) in [5, 5.41) is 15.6. The van der Waals surface area contributed by atoms with E-state index in [4.69, 9.17) is 39.5 Å². The fourth-order valence-electron chi connectivity index (χ4n) is 6.20. The second-order valence-corrected chi connectivity index (χ2v) is 15.6. The molecule has 0 radical (unpaired) electrons. The maximum atomic E-state index is 14.8. The van der Waals surface area contributed by atoms with E-state index in [-0.39, 0.29) is 46.1 Å². The number of halogens is 3. The molecule has 11 nitrogen and oxygen atoms in total. The minimum atomic E-state index is -4.71. The molecule has 0 spiro atoms. The van der Waals surface area contributed by atoms with Crippen molar-refractivity contribution < 1.29 is 27.7 Å². The van der Waals surface area contributed by atoms with E-state index >= 15 is 0 Å². The van der Waals surface area contributed by atoms with E-state index in [1.807, 2.05) is 30.3 Å². The van der Waals surface area contributed by atoms with Crippen LogP contribution in [0.4, 0.5) is 11.4 Å². The highest BCUT2D eigenvalue weighted by atomic mass is 35.5. The zero-order valence-electron chi connectivity index (χ0n) is 28.4. The molecule has 2 amide bonds. The standard InChI is InChI=1S/C37H37Cl3N4O7S/c1-24-12-15-29(21-32(24)44(47)48)52(49,50)43(33-20-27(38)14-17-35(33)51-2)23-36(45)42(22-26-13-16-30(39)31(40)18-26)34(19-25-8-4-3-5-9-25)37(46)41-28-10-6-7-11-28/h3-5,8-9,12-18,20-21,28,34H,6-7,10-11,19,22-23H2,1-2H3,(H,41,46)/t34-/m1/s1. The summed E-state index contributed by atoms with van der Waals surface area (Å²) in [7, 11) is -3.38. The Kier molecular flexibility index (Phi) is 12.7. The number of nitrogens with zero attached hydrogens (tertiary/aromatic N) is 3. The molecule has 0 heterocycles. The summed E-state index contributed by atoms with van der Waals surface area (Å²) >= 11 is 18.9. The molecule has 1 N–H and O–H groups in total. The number of benzene rings is 4. The highest BCUT2D eigenvalue weighted by Crippen LogP contribution is 2.36. The summed E-state index contributed by atoms with van der Waals surface area (Å²) in [6.07, 6.45) is 3.64. The van der Waals surface area contributed by atoms with Gasteiger partial charge in [0, 0.05) is 35.7 Å². The van der Waals surface area contributed by atoms with Crippen molar-refractivity contribution in [1.29, 1.82) is 0 Å². The summed E-state index contributed by atoms with van der Waals surface area (Å²) < 4.78 is 35.4. The quantitative estimate of drug-likeness (QED) is 0.102. The summed E-state index contributed by atoms with van der Waals surface area (Å²) in [4.78, 5) is 41.1. The molecular weight excluding hydrogens is 751 g/mol. The van der Waals surface area contributed by atoms with Crippen LogP contribution >= 0.6 is 34.8 Å². The number of amides is 2. The molecule has 274 valence electrons. The van der Waals surface area contributed by atoms with Crippen LogP contribution in [0.3, 0.4) is 0 Å². The zero-order chi connectivity index (χ0) is 37.6. The molecule has 1 saturated carbocycles. The lowest BCUT2D eigenvalue weighted by molar-refractivity contribution is -0.385. The molecule has 15 heteroatoms. The van der Waals surface area contributed by atoms with Gasteiger partial charge in [-0.25, -0.2) is 8.42 Å². The topological polar surface area (TPSA) is 139 Å². The maximum Gasteiger partial charge on any atom is 0.273 e. The van der Waals surface area contributed by atoms with Gasteiger partial charge < -0.3 is 15.0 Å². The average Bonchev–Trinajstić information content (AvgIpc) is 3.63. The molecule has 0 aliphatic heterocycles. The van der Waals surface area contributed by atoms with E-state index in [9.17, 15) is 28.1 Å². The first kappa shape index (κ1) is 38.9. The third-order valence-corrected chi connectivity index (χ3v) is 11.7. The third kappa shape index (κ3) is 9.16. The van der Waals surface area contributed by atoms with Crippen molar-refractivity contribution >= 4 is 68.0 Å². The third-order valence-electron chi connectivity index (χ3n) is 8.96. The number of carbonyl (C=O) groups is 2. The lowest BCUT2D eigenvalue weighted by Crippen LogP contribution is -2.54. The lowest BCUT2D eigenvalue weighted by Gasteiger charge is -2.34. The molecule has 0 saturated heterocycles. The van der Waals surface area contributed by atoms with E-state index in [0.29, 0.717) is 10.6 Å². The number of aryl methyl sites for hydroxylation is 1. The molecular formula is C37H37Cl3N4O7S. The molecule has 1 aliphatic rings. The number of methoxy groups -OCH3 is 1. The number of nitro groups is 1. The van der Waals surface area contributed by atoms with Gasteiger partial charge in [0.15, 0.2) is 0 Å². The van der Waals surface area contributed by atoms with Gasteiger partial charge in [-0.2, -0.15) is 0 Å².